The van der Waals surface area contributed by atoms with Crippen LogP contribution in [0.15, 0.2) is 18.3 Å². The van der Waals surface area contributed by atoms with E-state index in [0.29, 0.717) is 6.42 Å². The number of carboxylic acid groups (broad SMARTS) is 1. The van der Waals surface area contributed by atoms with E-state index in [0.717, 1.165) is 22.6 Å². The van der Waals surface area contributed by atoms with Gasteiger partial charge in [-0.2, -0.15) is 0 Å². The van der Waals surface area contributed by atoms with Crippen molar-refractivity contribution in [3.05, 3.63) is 35.3 Å². The molecule has 1 aliphatic carbocycles. The zero-order valence-electron chi connectivity index (χ0n) is 10.3. The Bertz CT molecular complexity index is 662. The molecule has 0 bridgehead atoms. The number of carboxylic acids is 1. The van der Waals surface area contributed by atoms with Crippen LogP contribution in [0.1, 0.15) is 29.3 Å². The smallest absolute Gasteiger partial charge is 0.324 e. The van der Waals surface area contributed by atoms with E-state index in [2.05, 4.69) is 4.98 Å². The lowest BCUT2D eigenvalue weighted by molar-refractivity contribution is -0.139. The molecule has 1 saturated carbocycles. The summed E-state index contributed by atoms with van der Waals surface area (Å²) >= 11 is 0. The van der Waals surface area contributed by atoms with Gasteiger partial charge in [-0.05, 0) is 31.9 Å². The van der Waals surface area contributed by atoms with Crippen LogP contribution in [0, 0.1) is 13.8 Å². The lowest BCUT2D eigenvalue weighted by Gasteiger charge is -2.07. The van der Waals surface area contributed by atoms with E-state index in [4.69, 9.17) is 10.8 Å². The van der Waals surface area contributed by atoms with Crippen LogP contribution in [0.25, 0.3) is 5.65 Å². The number of imidazole rings is 1. The fourth-order valence-electron chi connectivity index (χ4n) is 2.56. The highest BCUT2D eigenvalue weighted by atomic mass is 16.4. The van der Waals surface area contributed by atoms with Crippen LogP contribution in [0.3, 0.4) is 0 Å². The first-order chi connectivity index (χ1) is 8.43. The van der Waals surface area contributed by atoms with Crippen molar-refractivity contribution in [2.24, 2.45) is 5.73 Å². The number of fused-ring (bicyclic) bond motifs is 1. The molecular weight excluding hydrogens is 230 g/mol. The number of hydrogen-bond acceptors (Lipinski definition) is 3. The van der Waals surface area contributed by atoms with E-state index >= 15 is 0 Å². The zero-order chi connectivity index (χ0) is 13.1. The normalized spacial score (nSPS) is 26.5. The molecule has 5 heteroatoms. The van der Waals surface area contributed by atoms with E-state index < -0.39 is 11.5 Å². The molecule has 2 heterocycles. The van der Waals surface area contributed by atoms with Crippen LogP contribution in [-0.2, 0) is 4.79 Å². The number of nitrogens with two attached hydrogens (primary N) is 1. The van der Waals surface area contributed by atoms with Crippen LogP contribution in [0.2, 0.25) is 0 Å². The highest BCUT2D eigenvalue weighted by Crippen LogP contribution is 2.50. The number of hydrogen-bond donors (Lipinski definition) is 2. The van der Waals surface area contributed by atoms with Crippen molar-refractivity contribution in [1.82, 2.24) is 9.38 Å². The van der Waals surface area contributed by atoms with Gasteiger partial charge < -0.3 is 15.2 Å². The first-order valence-corrected chi connectivity index (χ1v) is 5.91. The summed E-state index contributed by atoms with van der Waals surface area (Å²) in [7, 11) is 0. The summed E-state index contributed by atoms with van der Waals surface area (Å²) in [6.45, 7) is 3.90. The molecule has 94 valence electrons. The van der Waals surface area contributed by atoms with Crippen LogP contribution < -0.4 is 5.73 Å². The lowest BCUT2D eigenvalue weighted by atomic mass is 10.1. The van der Waals surface area contributed by atoms with Gasteiger partial charge in [0.15, 0.2) is 0 Å². The molecule has 0 saturated heterocycles. The minimum Gasteiger partial charge on any atom is -0.480 e. The van der Waals surface area contributed by atoms with Gasteiger partial charge >= 0.3 is 5.97 Å². The molecular formula is C13H15N3O2. The Labute approximate surface area is 104 Å². The van der Waals surface area contributed by atoms with Crippen molar-refractivity contribution in [2.45, 2.75) is 31.7 Å². The van der Waals surface area contributed by atoms with Crippen molar-refractivity contribution in [1.29, 1.82) is 0 Å². The summed E-state index contributed by atoms with van der Waals surface area (Å²) in [4.78, 5) is 15.6. The second kappa shape index (κ2) is 3.32. The quantitative estimate of drug-likeness (QED) is 0.833. The number of aliphatic carboxylic acids is 1. The second-order valence-electron chi connectivity index (χ2n) is 5.12. The molecule has 0 amide bonds. The maximum absolute atomic E-state index is 11.1. The molecule has 3 rings (SSSR count). The van der Waals surface area contributed by atoms with Gasteiger partial charge in [-0.3, -0.25) is 4.79 Å². The minimum absolute atomic E-state index is 0.146. The van der Waals surface area contributed by atoms with Gasteiger partial charge in [-0.25, -0.2) is 4.98 Å². The molecule has 1 aliphatic rings. The van der Waals surface area contributed by atoms with Crippen molar-refractivity contribution in [3.63, 3.8) is 0 Å². The van der Waals surface area contributed by atoms with E-state index in [1.165, 1.54) is 0 Å². The molecule has 0 aliphatic heterocycles. The van der Waals surface area contributed by atoms with Crippen LogP contribution >= 0.6 is 0 Å². The van der Waals surface area contributed by atoms with Gasteiger partial charge in [0, 0.05) is 12.1 Å². The Balaban J connectivity index is 2.16. The second-order valence-corrected chi connectivity index (χ2v) is 5.12. The van der Waals surface area contributed by atoms with Gasteiger partial charge in [-0.15, -0.1) is 0 Å². The summed E-state index contributed by atoms with van der Waals surface area (Å²) in [5.41, 5.74) is 8.50. The molecule has 0 spiro atoms. The third-order valence-corrected chi connectivity index (χ3v) is 3.72. The SMILES string of the molecule is Cc1ccc2nc(C)c(C3CC3(N)C(=O)O)n2c1. The average Bonchev–Trinajstić information content (AvgIpc) is 2.86. The van der Waals surface area contributed by atoms with Crippen molar-refractivity contribution in [3.8, 4) is 0 Å². The van der Waals surface area contributed by atoms with Gasteiger partial charge in [-0.1, -0.05) is 6.07 Å². The number of aromatic nitrogens is 2. The molecule has 0 aromatic carbocycles. The van der Waals surface area contributed by atoms with Crippen LogP contribution in [-0.4, -0.2) is 26.0 Å². The lowest BCUT2D eigenvalue weighted by Crippen LogP contribution is -2.34. The molecule has 2 unspecified atom stereocenters. The Morgan fingerprint density at radius 3 is 2.89 bits per heavy atom. The monoisotopic (exact) mass is 245 g/mol. The number of carbonyl (C=O) groups is 1. The molecule has 18 heavy (non-hydrogen) atoms. The van der Waals surface area contributed by atoms with E-state index in [-0.39, 0.29) is 5.92 Å². The Kier molecular flexibility index (Phi) is 2.07. The molecule has 2 aromatic rings. The van der Waals surface area contributed by atoms with Crippen molar-refractivity contribution >= 4 is 11.6 Å². The van der Waals surface area contributed by atoms with E-state index in [1.54, 1.807) is 0 Å². The highest BCUT2D eigenvalue weighted by Gasteiger charge is 2.60. The third kappa shape index (κ3) is 1.37. The topological polar surface area (TPSA) is 80.6 Å². The zero-order valence-corrected chi connectivity index (χ0v) is 10.3. The van der Waals surface area contributed by atoms with E-state index in [9.17, 15) is 4.79 Å². The Hall–Kier alpha value is -1.88. The fourth-order valence-corrected chi connectivity index (χ4v) is 2.56. The van der Waals surface area contributed by atoms with Crippen LogP contribution in [0.5, 0.6) is 0 Å². The van der Waals surface area contributed by atoms with Gasteiger partial charge in [0.1, 0.15) is 11.2 Å². The maximum atomic E-state index is 11.1. The Morgan fingerprint density at radius 1 is 1.56 bits per heavy atom. The molecule has 2 atom stereocenters. The number of rotatable bonds is 2. The molecule has 3 N–H and O–H groups in total. The maximum Gasteiger partial charge on any atom is 0.324 e. The first-order valence-electron chi connectivity index (χ1n) is 5.91. The van der Waals surface area contributed by atoms with Gasteiger partial charge in [0.2, 0.25) is 0 Å². The number of aryl methyl sites for hydroxylation is 2. The highest BCUT2D eigenvalue weighted by molar-refractivity contribution is 5.85. The first kappa shape index (κ1) is 11.2. The summed E-state index contributed by atoms with van der Waals surface area (Å²) < 4.78 is 1.97. The summed E-state index contributed by atoms with van der Waals surface area (Å²) in [6, 6.07) is 3.93. The van der Waals surface area contributed by atoms with Gasteiger partial charge in [0.05, 0.1) is 11.4 Å². The fraction of sp³-hybridized carbons (Fsp3) is 0.385. The summed E-state index contributed by atoms with van der Waals surface area (Å²) in [5, 5.41) is 9.14. The van der Waals surface area contributed by atoms with Crippen molar-refractivity contribution < 1.29 is 9.90 Å². The minimum atomic E-state index is -1.12. The molecule has 5 nitrogen and oxygen atoms in total. The third-order valence-electron chi connectivity index (χ3n) is 3.72. The predicted molar refractivity (Wildman–Crippen MR) is 66.6 cm³/mol. The summed E-state index contributed by atoms with van der Waals surface area (Å²) in [6.07, 6.45) is 2.45. The molecule has 0 radical (unpaired) electrons. The molecule has 1 fully saturated rings. The standard InChI is InChI=1S/C13H15N3O2/c1-7-3-4-10-15-8(2)11(16(10)6-7)9-5-13(9,14)12(17)18/h3-4,6,9H,5,14H2,1-2H3,(H,17,18). The van der Waals surface area contributed by atoms with E-state index in [1.807, 2.05) is 36.6 Å². The van der Waals surface area contributed by atoms with Gasteiger partial charge in [0.25, 0.3) is 0 Å². The summed E-state index contributed by atoms with van der Waals surface area (Å²) in [5.74, 6) is -1.08. The van der Waals surface area contributed by atoms with Crippen LogP contribution in [0.4, 0.5) is 0 Å². The predicted octanol–water partition coefficient (Wildman–Crippen LogP) is 1.22. The van der Waals surface area contributed by atoms with Crippen molar-refractivity contribution in [2.75, 3.05) is 0 Å². The number of nitrogens with zero attached hydrogens (tertiary/aromatic N) is 2. The largest absolute Gasteiger partial charge is 0.480 e. The average molecular weight is 245 g/mol. The number of pyridine rings is 1. The Morgan fingerprint density at radius 2 is 2.28 bits per heavy atom. The molecule has 2 aromatic heterocycles.